The zero-order valence-electron chi connectivity index (χ0n) is 7.59. The van der Waals surface area contributed by atoms with Crippen molar-refractivity contribution in [3.05, 3.63) is 34.6 Å². The summed E-state index contributed by atoms with van der Waals surface area (Å²) in [4.78, 5) is 0. The summed E-state index contributed by atoms with van der Waals surface area (Å²) in [6.45, 7) is 2.11. The highest BCUT2D eigenvalue weighted by atomic mass is 35.5. The van der Waals surface area contributed by atoms with Crippen molar-refractivity contribution in [2.45, 2.75) is 12.7 Å². The van der Waals surface area contributed by atoms with Crippen molar-refractivity contribution in [2.24, 2.45) is 0 Å². The van der Waals surface area contributed by atoms with Gasteiger partial charge in [0.25, 0.3) is 0 Å². The van der Waals surface area contributed by atoms with Crippen LogP contribution in [0.25, 0.3) is 0 Å². The standard InChI is InChI=1S/C10H11ClFNO/c11-10-2-1-8(12)3-7(10)6-14-9-4-13-5-9/h1-3,9,13H,4-6H2. The lowest BCUT2D eigenvalue weighted by Crippen LogP contribution is -2.48. The maximum Gasteiger partial charge on any atom is 0.123 e. The average molecular weight is 216 g/mol. The highest BCUT2D eigenvalue weighted by Crippen LogP contribution is 2.18. The van der Waals surface area contributed by atoms with Gasteiger partial charge in [0.1, 0.15) is 5.82 Å². The van der Waals surface area contributed by atoms with Crippen molar-refractivity contribution in [3.8, 4) is 0 Å². The molecule has 1 saturated heterocycles. The van der Waals surface area contributed by atoms with Gasteiger partial charge in [-0.3, -0.25) is 0 Å². The van der Waals surface area contributed by atoms with Crippen LogP contribution in [-0.2, 0) is 11.3 Å². The van der Waals surface area contributed by atoms with Crippen LogP contribution >= 0.6 is 11.6 Å². The van der Waals surface area contributed by atoms with Crippen LogP contribution in [0, 0.1) is 5.82 Å². The van der Waals surface area contributed by atoms with Crippen molar-refractivity contribution in [2.75, 3.05) is 13.1 Å². The SMILES string of the molecule is Fc1ccc(Cl)c(COC2CNC2)c1. The molecular weight excluding hydrogens is 205 g/mol. The minimum Gasteiger partial charge on any atom is -0.371 e. The molecule has 1 N–H and O–H groups in total. The third kappa shape index (κ3) is 2.23. The molecule has 1 aliphatic rings. The predicted molar refractivity (Wildman–Crippen MR) is 52.9 cm³/mol. The van der Waals surface area contributed by atoms with Gasteiger partial charge in [0, 0.05) is 18.1 Å². The Morgan fingerprint density at radius 3 is 2.93 bits per heavy atom. The van der Waals surface area contributed by atoms with E-state index < -0.39 is 0 Å². The molecular formula is C10H11ClFNO. The van der Waals surface area contributed by atoms with Gasteiger partial charge in [-0.25, -0.2) is 4.39 Å². The molecule has 0 saturated carbocycles. The fourth-order valence-corrected chi connectivity index (χ4v) is 1.41. The van der Waals surface area contributed by atoms with Crippen molar-refractivity contribution in [1.82, 2.24) is 5.32 Å². The lowest BCUT2D eigenvalue weighted by molar-refractivity contribution is 0.00752. The Bertz CT molecular complexity index is 328. The van der Waals surface area contributed by atoms with Crippen LogP contribution < -0.4 is 5.32 Å². The predicted octanol–water partition coefficient (Wildman–Crippen LogP) is 1.97. The average Bonchev–Trinajstić information content (AvgIpc) is 2.08. The van der Waals surface area contributed by atoms with E-state index in [1.54, 1.807) is 6.07 Å². The van der Waals surface area contributed by atoms with Gasteiger partial charge in [0.15, 0.2) is 0 Å². The summed E-state index contributed by atoms with van der Waals surface area (Å²) in [6.07, 6.45) is 0.245. The van der Waals surface area contributed by atoms with Crippen LogP contribution in [0.15, 0.2) is 18.2 Å². The second-order valence-corrected chi connectivity index (χ2v) is 3.73. The monoisotopic (exact) mass is 215 g/mol. The first-order valence-electron chi connectivity index (χ1n) is 4.52. The molecule has 0 amide bonds. The molecule has 0 unspecified atom stereocenters. The number of rotatable bonds is 3. The number of hydrogen-bond acceptors (Lipinski definition) is 2. The highest BCUT2D eigenvalue weighted by molar-refractivity contribution is 6.31. The van der Waals surface area contributed by atoms with E-state index in [9.17, 15) is 4.39 Å². The van der Waals surface area contributed by atoms with Crippen LogP contribution in [0.3, 0.4) is 0 Å². The topological polar surface area (TPSA) is 21.3 Å². The second kappa shape index (κ2) is 4.26. The second-order valence-electron chi connectivity index (χ2n) is 3.33. The first-order valence-corrected chi connectivity index (χ1v) is 4.90. The normalized spacial score (nSPS) is 16.7. The number of benzene rings is 1. The lowest BCUT2D eigenvalue weighted by atomic mass is 10.2. The first kappa shape index (κ1) is 9.90. The molecule has 0 aromatic heterocycles. The van der Waals surface area contributed by atoms with Gasteiger partial charge in [-0.15, -0.1) is 0 Å². The summed E-state index contributed by atoms with van der Waals surface area (Å²) >= 11 is 5.88. The number of halogens is 2. The van der Waals surface area contributed by atoms with Crippen molar-refractivity contribution in [3.63, 3.8) is 0 Å². The maximum absolute atomic E-state index is 12.8. The van der Waals surface area contributed by atoms with E-state index in [-0.39, 0.29) is 11.9 Å². The smallest absolute Gasteiger partial charge is 0.123 e. The molecule has 0 bridgehead atoms. The molecule has 2 rings (SSSR count). The zero-order chi connectivity index (χ0) is 9.97. The summed E-state index contributed by atoms with van der Waals surface area (Å²) in [6, 6.07) is 4.31. The zero-order valence-corrected chi connectivity index (χ0v) is 8.35. The van der Waals surface area contributed by atoms with Gasteiger partial charge in [0.2, 0.25) is 0 Å². The van der Waals surface area contributed by atoms with Gasteiger partial charge in [-0.2, -0.15) is 0 Å². The molecule has 1 heterocycles. The molecule has 1 aromatic carbocycles. The van der Waals surface area contributed by atoms with Crippen LogP contribution in [-0.4, -0.2) is 19.2 Å². The third-order valence-corrected chi connectivity index (χ3v) is 2.60. The molecule has 14 heavy (non-hydrogen) atoms. The van der Waals surface area contributed by atoms with E-state index in [2.05, 4.69) is 5.32 Å². The fraction of sp³-hybridized carbons (Fsp3) is 0.400. The molecule has 0 atom stereocenters. The van der Waals surface area contributed by atoms with E-state index in [4.69, 9.17) is 16.3 Å². The summed E-state index contributed by atoms with van der Waals surface area (Å²) in [5, 5.41) is 3.65. The molecule has 4 heteroatoms. The van der Waals surface area contributed by atoms with Gasteiger partial charge in [0.05, 0.1) is 12.7 Å². The number of hydrogen-bond donors (Lipinski definition) is 1. The number of ether oxygens (including phenoxy) is 1. The fourth-order valence-electron chi connectivity index (χ4n) is 1.24. The van der Waals surface area contributed by atoms with E-state index in [0.29, 0.717) is 17.2 Å². The van der Waals surface area contributed by atoms with Gasteiger partial charge < -0.3 is 10.1 Å². The summed E-state index contributed by atoms with van der Waals surface area (Å²) in [7, 11) is 0. The molecule has 1 fully saturated rings. The Labute approximate surface area is 87.0 Å². The Kier molecular flexibility index (Phi) is 3.01. The summed E-state index contributed by atoms with van der Waals surface area (Å²) in [5.74, 6) is -0.278. The summed E-state index contributed by atoms with van der Waals surface area (Å²) in [5.41, 5.74) is 0.707. The molecule has 1 aromatic rings. The largest absolute Gasteiger partial charge is 0.371 e. The number of nitrogens with one attached hydrogen (secondary N) is 1. The third-order valence-electron chi connectivity index (χ3n) is 2.23. The van der Waals surface area contributed by atoms with E-state index in [0.717, 1.165) is 13.1 Å². The quantitative estimate of drug-likeness (QED) is 0.833. The first-order chi connectivity index (χ1) is 6.75. The molecule has 1 aliphatic heterocycles. The Morgan fingerprint density at radius 2 is 2.29 bits per heavy atom. The minimum atomic E-state index is -0.278. The van der Waals surface area contributed by atoms with Crippen LogP contribution in [0.2, 0.25) is 5.02 Å². The van der Waals surface area contributed by atoms with E-state index >= 15 is 0 Å². The molecule has 0 aliphatic carbocycles. The molecule has 76 valence electrons. The lowest BCUT2D eigenvalue weighted by Gasteiger charge is -2.27. The highest BCUT2D eigenvalue weighted by Gasteiger charge is 2.17. The van der Waals surface area contributed by atoms with Crippen molar-refractivity contribution in [1.29, 1.82) is 0 Å². The van der Waals surface area contributed by atoms with Crippen LogP contribution in [0.4, 0.5) is 4.39 Å². The van der Waals surface area contributed by atoms with Crippen molar-refractivity contribution < 1.29 is 9.13 Å². The molecule has 0 spiro atoms. The Morgan fingerprint density at radius 1 is 1.50 bits per heavy atom. The summed E-state index contributed by atoms with van der Waals surface area (Å²) < 4.78 is 18.3. The van der Waals surface area contributed by atoms with E-state index in [1.165, 1.54) is 12.1 Å². The van der Waals surface area contributed by atoms with Crippen LogP contribution in [0.5, 0.6) is 0 Å². The van der Waals surface area contributed by atoms with Gasteiger partial charge in [-0.05, 0) is 23.8 Å². The van der Waals surface area contributed by atoms with Crippen molar-refractivity contribution >= 4 is 11.6 Å². The molecule has 0 radical (unpaired) electrons. The van der Waals surface area contributed by atoms with Crippen LogP contribution in [0.1, 0.15) is 5.56 Å². The maximum atomic E-state index is 12.8. The van der Waals surface area contributed by atoms with E-state index in [1.807, 2.05) is 0 Å². The molecule has 2 nitrogen and oxygen atoms in total. The minimum absolute atomic E-state index is 0.245. The van der Waals surface area contributed by atoms with Gasteiger partial charge >= 0.3 is 0 Å². The van der Waals surface area contributed by atoms with Gasteiger partial charge in [-0.1, -0.05) is 11.6 Å². The Hall–Kier alpha value is -0.640. The Balaban J connectivity index is 1.96.